The maximum Gasteiger partial charge on any atom is 0.328 e. The SMILES string of the molecule is O=C(O)/C=C/C(=O)O.OCCN1CCN(C2=Nc3ccccc3Oc3c2csc3Cl)CC1. The summed E-state index contributed by atoms with van der Waals surface area (Å²) in [4.78, 5) is 28.5. The normalized spacial score (nSPS) is 15.6. The summed E-state index contributed by atoms with van der Waals surface area (Å²) >= 11 is 7.82. The molecule has 11 heteroatoms. The number of carbonyl (C=O) groups is 2. The van der Waals surface area contributed by atoms with E-state index in [4.69, 9.17) is 36.6 Å². The van der Waals surface area contributed by atoms with Gasteiger partial charge < -0.3 is 25.0 Å². The summed E-state index contributed by atoms with van der Waals surface area (Å²) < 4.78 is 6.69. The third-order valence-electron chi connectivity index (χ3n) is 4.70. The minimum atomic E-state index is -1.26. The molecule has 0 bridgehead atoms. The van der Waals surface area contributed by atoms with Gasteiger partial charge in [-0.2, -0.15) is 0 Å². The number of ether oxygens (including phenoxy) is 1. The maximum atomic E-state index is 9.55. The fourth-order valence-corrected chi connectivity index (χ4v) is 4.17. The number of hydrogen-bond acceptors (Lipinski definition) is 8. The summed E-state index contributed by atoms with van der Waals surface area (Å²) in [6.45, 7) is 4.49. The molecule has 1 aromatic heterocycles. The molecule has 9 nitrogen and oxygen atoms in total. The van der Waals surface area contributed by atoms with Crippen LogP contribution in [-0.4, -0.2) is 82.2 Å². The number of aliphatic hydroxyl groups excluding tert-OH is 1. The first-order valence-corrected chi connectivity index (χ1v) is 11.0. The van der Waals surface area contributed by atoms with Crippen molar-refractivity contribution in [1.29, 1.82) is 0 Å². The molecule has 170 valence electrons. The van der Waals surface area contributed by atoms with Gasteiger partial charge in [0.15, 0.2) is 11.5 Å². The number of amidine groups is 1. The molecule has 32 heavy (non-hydrogen) atoms. The van der Waals surface area contributed by atoms with Crippen LogP contribution in [0.5, 0.6) is 11.5 Å². The van der Waals surface area contributed by atoms with Crippen LogP contribution >= 0.6 is 22.9 Å². The van der Waals surface area contributed by atoms with Crippen molar-refractivity contribution in [3.8, 4) is 11.5 Å². The molecule has 0 spiro atoms. The predicted octanol–water partition coefficient (Wildman–Crippen LogP) is 2.91. The minimum absolute atomic E-state index is 0.201. The van der Waals surface area contributed by atoms with E-state index in [2.05, 4.69) is 9.80 Å². The Bertz CT molecular complexity index is 1010. The first-order chi connectivity index (χ1) is 15.4. The monoisotopic (exact) mass is 479 g/mol. The Kier molecular flexibility index (Phi) is 8.23. The Hall–Kier alpha value is -2.92. The number of piperazine rings is 1. The van der Waals surface area contributed by atoms with Crippen molar-refractivity contribution in [1.82, 2.24) is 9.80 Å². The highest BCUT2D eigenvalue weighted by Crippen LogP contribution is 2.44. The van der Waals surface area contributed by atoms with Crippen LogP contribution in [0.25, 0.3) is 0 Å². The third-order valence-corrected chi connectivity index (χ3v) is 5.89. The van der Waals surface area contributed by atoms with E-state index in [0.29, 0.717) is 22.2 Å². The van der Waals surface area contributed by atoms with E-state index in [1.807, 2.05) is 29.6 Å². The number of halogens is 1. The Morgan fingerprint density at radius 3 is 2.41 bits per heavy atom. The number of nitrogens with zero attached hydrogens (tertiary/aromatic N) is 3. The number of aliphatic imine (C=N–C) groups is 1. The van der Waals surface area contributed by atoms with Gasteiger partial charge in [0.25, 0.3) is 0 Å². The van der Waals surface area contributed by atoms with E-state index in [9.17, 15) is 9.59 Å². The van der Waals surface area contributed by atoms with E-state index >= 15 is 0 Å². The van der Waals surface area contributed by atoms with Gasteiger partial charge in [-0.25, -0.2) is 14.6 Å². The molecule has 2 aliphatic heterocycles. The maximum absolute atomic E-state index is 9.55. The number of thiophene rings is 1. The molecule has 0 saturated carbocycles. The average Bonchev–Trinajstić information content (AvgIpc) is 3.03. The van der Waals surface area contributed by atoms with Crippen molar-refractivity contribution in [3.05, 3.63) is 51.7 Å². The second-order valence-corrected chi connectivity index (χ2v) is 8.30. The summed E-state index contributed by atoms with van der Waals surface area (Å²) in [7, 11) is 0. The number of hydrogen-bond donors (Lipinski definition) is 3. The van der Waals surface area contributed by atoms with Crippen LogP contribution in [0.2, 0.25) is 4.34 Å². The number of carboxylic acid groups (broad SMARTS) is 2. The van der Waals surface area contributed by atoms with Gasteiger partial charge >= 0.3 is 11.9 Å². The van der Waals surface area contributed by atoms with Crippen molar-refractivity contribution in [2.45, 2.75) is 0 Å². The van der Waals surface area contributed by atoms with Gasteiger partial charge in [0.2, 0.25) is 0 Å². The lowest BCUT2D eigenvalue weighted by Crippen LogP contribution is -2.49. The number of carboxylic acids is 2. The number of benzene rings is 1. The van der Waals surface area contributed by atoms with Crippen molar-refractivity contribution in [2.24, 2.45) is 4.99 Å². The third kappa shape index (κ3) is 6.07. The molecule has 1 fully saturated rings. The Labute approximate surface area is 193 Å². The number of para-hydroxylation sites is 2. The summed E-state index contributed by atoms with van der Waals surface area (Å²) in [5.41, 5.74) is 1.78. The van der Waals surface area contributed by atoms with Gasteiger partial charge in [0.1, 0.15) is 15.9 Å². The molecule has 1 saturated heterocycles. The molecule has 1 aromatic carbocycles. The zero-order valence-electron chi connectivity index (χ0n) is 17.0. The molecule has 4 rings (SSSR count). The van der Waals surface area contributed by atoms with Gasteiger partial charge in [-0.3, -0.25) is 4.90 Å². The van der Waals surface area contributed by atoms with Crippen LogP contribution in [0, 0.1) is 0 Å². The molecule has 0 aliphatic carbocycles. The van der Waals surface area contributed by atoms with Crippen LogP contribution in [0.4, 0.5) is 5.69 Å². The smallest absolute Gasteiger partial charge is 0.328 e. The van der Waals surface area contributed by atoms with Crippen LogP contribution in [0.15, 0.2) is 46.8 Å². The van der Waals surface area contributed by atoms with Crippen molar-refractivity contribution >= 4 is 46.4 Å². The lowest BCUT2D eigenvalue weighted by Gasteiger charge is -2.36. The molecule has 0 unspecified atom stereocenters. The van der Waals surface area contributed by atoms with Crippen molar-refractivity contribution in [2.75, 3.05) is 39.3 Å². The molecule has 0 radical (unpaired) electrons. The van der Waals surface area contributed by atoms with Crippen LogP contribution in [0.3, 0.4) is 0 Å². The molecule has 2 aliphatic rings. The standard InChI is InChI=1S/C17H18ClN3O2S.C4H4O4/c18-16-15-12(11-24-16)17(19-13-3-1-2-4-14(13)23-15)21-7-5-20(6-8-21)9-10-22;5-3(6)1-2-4(7)8/h1-4,11,22H,5-10H2;1-2H,(H,5,6)(H,7,8)/b;2-1+. The van der Waals surface area contributed by atoms with Gasteiger partial charge in [-0.05, 0) is 12.1 Å². The van der Waals surface area contributed by atoms with E-state index in [1.165, 1.54) is 11.3 Å². The molecular weight excluding hydrogens is 458 g/mol. The molecule has 3 N–H and O–H groups in total. The lowest BCUT2D eigenvalue weighted by atomic mass is 10.2. The highest BCUT2D eigenvalue weighted by atomic mass is 35.5. The molecule has 3 heterocycles. The largest absolute Gasteiger partial charge is 0.478 e. The predicted molar refractivity (Wildman–Crippen MR) is 122 cm³/mol. The number of fused-ring (bicyclic) bond motifs is 2. The zero-order chi connectivity index (χ0) is 23.1. The highest BCUT2D eigenvalue weighted by molar-refractivity contribution is 7.15. The van der Waals surface area contributed by atoms with Crippen LogP contribution in [0.1, 0.15) is 5.56 Å². The second-order valence-electron chi connectivity index (χ2n) is 6.82. The summed E-state index contributed by atoms with van der Waals surface area (Å²) in [6, 6.07) is 7.77. The van der Waals surface area contributed by atoms with Gasteiger partial charge in [-0.15, -0.1) is 11.3 Å². The van der Waals surface area contributed by atoms with Gasteiger partial charge in [-0.1, -0.05) is 23.7 Å². The molecular formula is C21H22ClN3O6S. The summed E-state index contributed by atoms with van der Waals surface area (Å²) in [6.07, 6.45) is 1.12. The number of aliphatic hydroxyl groups is 1. The number of β-amino-alcohol motifs (C(OH)–C–C–N with tert-alkyl or cyclic N) is 1. The van der Waals surface area contributed by atoms with Crippen LogP contribution < -0.4 is 4.74 Å². The van der Waals surface area contributed by atoms with Crippen LogP contribution in [-0.2, 0) is 9.59 Å². The fourth-order valence-electron chi connectivity index (χ4n) is 3.20. The quantitative estimate of drug-likeness (QED) is 0.572. The van der Waals surface area contributed by atoms with Gasteiger partial charge in [0, 0.05) is 50.3 Å². The Balaban J connectivity index is 0.000000312. The van der Waals surface area contributed by atoms with E-state index < -0.39 is 11.9 Å². The highest BCUT2D eigenvalue weighted by Gasteiger charge is 2.28. The summed E-state index contributed by atoms with van der Waals surface area (Å²) in [5.74, 6) is -0.169. The van der Waals surface area contributed by atoms with E-state index in [-0.39, 0.29) is 6.61 Å². The van der Waals surface area contributed by atoms with E-state index in [0.717, 1.165) is 55.6 Å². The summed E-state index contributed by atoms with van der Waals surface area (Å²) in [5, 5.41) is 26.7. The molecule has 0 amide bonds. The van der Waals surface area contributed by atoms with Gasteiger partial charge in [0.05, 0.1) is 12.2 Å². The first kappa shape index (κ1) is 23.7. The first-order valence-electron chi connectivity index (χ1n) is 9.74. The number of aliphatic carboxylic acids is 2. The molecule has 2 aromatic rings. The lowest BCUT2D eigenvalue weighted by molar-refractivity contribution is -0.134. The Morgan fingerprint density at radius 2 is 1.78 bits per heavy atom. The second kappa shape index (κ2) is 11.1. The van der Waals surface area contributed by atoms with E-state index in [1.54, 1.807) is 0 Å². The number of rotatable bonds is 4. The van der Waals surface area contributed by atoms with Crippen molar-refractivity contribution in [3.63, 3.8) is 0 Å². The molecule has 0 atom stereocenters. The topological polar surface area (TPSA) is 123 Å². The fraction of sp³-hybridized carbons (Fsp3) is 0.286. The van der Waals surface area contributed by atoms with Crippen molar-refractivity contribution < 1.29 is 29.6 Å². The zero-order valence-corrected chi connectivity index (χ0v) is 18.6. The Morgan fingerprint density at radius 1 is 1.12 bits per heavy atom. The average molecular weight is 480 g/mol. The minimum Gasteiger partial charge on any atom is -0.478 e.